The van der Waals surface area contributed by atoms with Crippen molar-refractivity contribution in [2.45, 2.75) is 44.2 Å². The van der Waals surface area contributed by atoms with Crippen molar-refractivity contribution in [3.05, 3.63) is 29.8 Å². The van der Waals surface area contributed by atoms with E-state index in [1.54, 1.807) is 12.1 Å². The molecule has 2 bridgehead atoms. The highest BCUT2D eigenvalue weighted by molar-refractivity contribution is 5.97. The number of carbonyl (C=O) groups excluding carboxylic acids is 1. The number of hydrogen-bond acceptors (Lipinski definition) is 3. The SMILES string of the molecule is CN1C2CCCC1CC(C(=O)c1cccnc1F)C2. The van der Waals surface area contributed by atoms with Crippen LogP contribution in [0.25, 0.3) is 0 Å². The highest BCUT2D eigenvalue weighted by Gasteiger charge is 2.39. The van der Waals surface area contributed by atoms with Crippen molar-refractivity contribution in [2.75, 3.05) is 7.05 Å². The highest BCUT2D eigenvalue weighted by Crippen LogP contribution is 2.37. The van der Waals surface area contributed by atoms with Gasteiger partial charge < -0.3 is 4.90 Å². The largest absolute Gasteiger partial charge is 0.300 e. The van der Waals surface area contributed by atoms with Gasteiger partial charge in [0.25, 0.3) is 0 Å². The van der Waals surface area contributed by atoms with E-state index < -0.39 is 5.95 Å². The molecule has 3 heterocycles. The van der Waals surface area contributed by atoms with Crippen molar-refractivity contribution in [2.24, 2.45) is 5.92 Å². The third kappa shape index (κ3) is 2.29. The molecule has 0 aliphatic carbocycles. The number of ketones is 1. The third-order valence-electron chi connectivity index (χ3n) is 4.74. The van der Waals surface area contributed by atoms with Crippen LogP contribution in [-0.4, -0.2) is 34.8 Å². The van der Waals surface area contributed by atoms with Gasteiger partial charge >= 0.3 is 0 Å². The predicted octanol–water partition coefficient (Wildman–Crippen LogP) is 2.67. The molecule has 3 rings (SSSR count). The minimum Gasteiger partial charge on any atom is -0.300 e. The molecule has 2 aliphatic heterocycles. The molecule has 2 unspecified atom stereocenters. The van der Waals surface area contributed by atoms with E-state index >= 15 is 0 Å². The Hall–Kier alpha value is -1.29. The number of hydrogen-bond donors (Lipinski definition) is 0. The zero-order valence-corrected chi connectivity index (χ0v) is 11.2. The maximum absolute atomic E-state index is 13.6. The molecule has 0 aromatic carbocycles. The molecule has 102 valence electrons. The van der Waals surface area contributed by atoms with Crippen molar-refractivity contribution >= 4 is 5.78 Å². The van der Waals surface area contributed by atoms with Crippen molar-refractivity contribution < 1.29 is 9.18 Å². The monoisotopic (exact) mass is 262 g/mol. The number of carbonyl (C=O) groups is 1. The Kier molecular flexibility index (Phi) is 3.35. The van der Waals surface area contributed by atoms with Gasteiger partial charge in [-0.25, -0.2) is 4.98 Å². The minimum absolute atomic E-state index is 0.0369. The van der Waals surface area contributed by atoms with Crippen LogP contribution in [0.4, 0.5) is 4.39 Å². The number of pyridine rings is 1. The van der Waals surface area contributed by atoms with Crippen LogP contribution in [0.1, 0.15) is 42.5 Å². The third-order valence-corrected chi connectivity index (χ3v) is 4.74. The van der Waals surface area contributed by atoms with Crippen LogP contribution >= 0.6 is 0 Å². The Morgan fingerprint density at radius 2 is 2.05 bits per heavy atom. The zero-order valence-electron chi connectivity index (χ0n) is 11.2. The molecule has 0 amide bonds. The van der Waals surface area contributed by atoms with Crippen molar-refractivity contribution in [1.29, 1.82) is 0 Å². The lowest BCUT2D eigenvalue weighted by Crippen LogP contribution is -2.51. The fraction of sp³-hybridized carbons (Fsp3) is 0.600. The Morgan fingerprint density at radius 3 is 2.68 bits per heavy atom. The van der Waals surface area contributed by atoms with Gasteiger partial charge in [0.1, 0.15) is 0 Å². The van der Waals surface area contributed by atoms with Crippen molar-refractivity contribution in [1.82, 2.24) is 9.88 Å². The molecule has 0 saturated carbocycles. The molecule has 2 atom stereocenters. The molecule has 0 N–H and O–H groups in total. The summed E-state index contributed by atoms with van der Waals surface area (Å²) in [6.07, 6.45) is 6.68. The smallest absolute Gasteiger partial charge is 0.223 e. The number of Topliss-reactive ketones (excluding diaryl/α,β-unsaturated/α-hetero) is 1. The first-order valence-electron chi connectivity index (χ1n) is 7.03. The molecule has 4 heteroatoms. The lowest BCUT2D eigenvalue weighted by atomic mass is 9.76. The Bertz CT molecular complexity index is 477. The van der Waals surface area contributed by atoms with E-state index in [1.165, 1.54) is 12.6 Å². The summed E-state index contributed by atoms with van der Waals surface area (Å²) in [5.74, 6) is -0.725. The molecule has 1 aromatic heterocycles. The van der Waals surface area contributed by atoms with Crippen LogP contribution in [0.5, 0.6) is 0 Å². The molecule has 0 spiro atoms. The quantitative estimate of drug-likeness (QED) is 0.607. The number of fused-ring (bicyclic) bond motifs is 2. The van der Waals surface area contributed by atoms with Gasteiger partial charge in [-0.15, -0.1) is 0 Å². The maximum atomic E-state index is 13.6. The lowest BCUT2D eigenvalue weighted by molar-refractivity contribution is 0.0336. The fourth-order valence-corrected chi connectivity index (χ4v) is 3.62. The normalized spacial score (nSPS) is 31.2. The van der Waals surface area contributed by atoms with E-state index in [0.717, 1.165) is 25.7 Å². The first-order chi connectivity index (χ1) is 9.16. The second kappa shape index (κ2) is 5.00. The first kappa shape index (κ1) is 12.7. The summed E-state index contributed by atoms with van der Waals surface area (Å²) in [4.78, 5) is 18.5. The van der Waals surface area contributed by atoms with E-state index in [1.807, 2.05) is 0 Å². The van der Waals surface area contributed by atoms with Gasteiger partial charge in [0.15, 0.2) is 5.78 Å². The van der Waals surface area contributed by atoms with Gasteiger partial charge in [-0.1, -0.05) is 6.42 Å². The van der Waals surface area contributed by atoms with Gasteiger partial charge in [-0.05, 0) is 44.9 Å². The van der Waals surface area contributed by atoms with Crippen molar-refractivity contribution in [3.8, 4) is 0 Å². The molecular weight excluding hydrogens is 243 g/mol. The zero-order chi connectivity index (χ0) is 13.4. The molecule has 3 nitrogen and oxygen atoms in total. The summed E-state index contributed by atoms with van der Waals surface area (Å²) in [7, 11) is 2.15. The second-order valence-electron chi connectivity index (χ2n) is 5.78. The van der Waals surface area contributed by atoms with Crippen LogP contribution < -0.4 is 0 Å². The predicted molar refractivity (Wildman–Crippen MR) is 70.4 cm³/mol. The topological polar surface area (TPSA) is 33.2 Å². The standard InChI is InChI=1S/C15H19FN2O/c1-18-11-4-2-5-12(18)9-10(8-11)14(19)13-6-3-7-17-15(13)16/h3,6-7,10-12H,2,4-5,8-9H2,1H3. The second-order valence-corrected chi connectivity index (χ2v) is 5.78. The van der Waals surface area contributed by atoms with Crippen LogP contribution in [0.15, 0.2) is 18.3 Å². The number of rotatable bonds is 2. The molecule has 0 radical (unpaired) electrons. The van der Waals surface area contributed by atoms with Gasteiger partial charge in [0.05, 0.1) is 5.56 Å². The van der Waals surface area contributed by atoms with E-state index in [-0.39, 0.29) is 17.3 Å². The summed E-state index contributed by atoms with van der Waals surface area (Å²) < 4.78 is 13.6. The maximum Gasteiger partial charge on any atom is 0.223 e. The van der Waals surface area contributed by atoms with E-state index in [4.69, 9.17) is 0 Å². The van der Waals surface area contributed by atoms with Crippen LogP contribution in [0, 0.1) is 11.9 Å². The molecule has 19 heavy (non-hydrogen) atoms. The summed E-state index contributed by atoms with van der Waals surface area (Å²) in [6, 6.07) is 4.16. The summed E-state index contributed by atoms with van der Waals surface area (Å²) >= 11 is 0. The average molecular weight is 262 g/mol. The molecule has 2 saturated heterocycles. The average Bonchev–Trinajstić information content (AvgIpc) is 2.38. The highest BCUT2D eigenvalue weighted by atomic mass is 19.1. The number of aromatic nitrogens is 1. The van der Waals surface area contributed by atoms with Gasteiger partial charge in [-0.3, -0.25) is 4.79 Å². The molecule has 2 aliphatic rings. The van der Waals surface area contributed by atoms with E-state index in [0.29, 0.717) is 12.1 Å². The van der Waals surface area contributed by atoms with Crippen LogP contribution in [0.2, 0.25) is 0 Å². The number of nitrogens with zero attached hydrogens (tertiary/aromatic N) is 2. The Labute approximate surface area is 112 Å². The first-order valence-corrected chi connectivity index (χ1v) is 7.03. The van der Waals surface area contributed by atoms with Crippen molar-refractivity contribution in [3.63, 3.8) is 0 Å². The van der Waals surface area contributed by atoms with E-state index in [9.17, 15) is 9.18 Å². The van der Waals surface area contributed by atoms with Gasteiger partial charge in [0.2, 0.25) is 5.95 Å². The summed E-state index contributed by atoms with van der Waals surface area (Å²) in [5, 5.41) is 0. The summed E-state index contributed by atoms with van der Waals surface area (Å²) in [5.41, 5.74) is 0.162. The Balaban J connectivity index is 1.80. The van der Waals surface area contributed by atoms with E-state index in [2.05, 4.69) is 16.9 Å². The van der Waals surface area contributed by atoms with Gasteiger partial charge in [0, 0.05) is 24.2 Å². The summed E-state index contributed by atoms with van der Waals surface area (Å²) in [6.45, 7) is 0. The van der Waals surface area contributed by atoms with Crippen LogP contribution in [0.3, 0.4) is 0 Å². The molecule has 2 fully saturated rings. The molecular formula is C15H19FN2O. The number of halogens is 1. The van der Waals surface area contributed by atoms with Gasteiger partial charge in [-0.2, -0.15) is 4.39 Å². The number of piperidine rings is 2. The lowest BCUT2D eigenvalue weighted by Gasteiger charge is -2.46. The fourth-order valence-electron chi connectivity index (χ4n) is 3.62. The van der Waals surface area contributed by atoms with Crippen LogP contribution in [-0.2, 0) is 0 Å². The Morgan fingerprint density at radius 1 is 1.37 bits per heavy atom. The minimum atomic E-state index is -0.628. The molecule has 1 aromatic rings.